The Morgan fingerprint density at radius 1 is 1.04 bits per heavy atom. The van der Waals surface area contributed by atoms with E-state index in [1.54, 1.807) is 9.80 Å². The molecule has 2 rings (SSSR count). The molecule has 1 aliphatic heterocycles. The van der Waals surface area contributed by atoms with E-state index in [4.69, 9.17) is 4.74 Å². The summed E-state index contributed by atoms with van der Waals surface area (Å²) in [5.41, 5.74) is 3.02. The highest BCUT2D eigenvalue weighted by Crippen LogP contribution is 2.14. The highest BCUT2D eigenvalue weighted by molar-refractivity contribution is 5.94. The molecular weight excluding hydrogens is 292 g/mol. The molecule has 23 heavy (non-hydrogen) atoms. The average molecular weight is 318 g/mol. The third-order valence-electron chi connectivity index (χ3n) is 4.30. The van der Waals surface area contributed by atoms with Crippen molar-refractivity contribution in [3.05, 3.63) is 34.9 Å². The first-order chi connectivity index (χ1) is 11.0. The number of aryl methyl sites for hydroxylation is 2. The molecule has 1 aliphatic rings. The highest BCUT2D eigenvalue weighted by atomic mass is 16.6. The summed E-state index contributed by atoms with van der Waals surface area (Å²) in [4.78, 5) is 27.9. The van der Waals surface area contributed by atoms with Crippen molar-refractivity contribution in [2.75, 3.05) is 32.8 Å². The van der Waals surface area contributed by atoms with Gasteiger partial charge in [0.05, 0.1) is 6.61 Å². The lowest BCUT2D eigenvalue weighted by Gasteiger charge is -2.34. The fraction of sp³-hybridized carbons (Fsp3) is 0.556. The van der Waals surface area contributed by atoms with Crippen molar-refractivity contribution < 1.29 is 14.3 Å². The van der Waals surface area contributed by atoms with Crippen LogP contribution in [0.2, 0.25) is 0 Å². The molecule has 0 aliphatic carbocycles. The Morgan fingerprint density at radius 2 is 1.70 bits per heavy atom. The molecule has 0 unspecified atom stereocenters. The molecular formula is C18H26N2O3. The van der Waals surface area contributed by atoms with Crippen molar-refractivity contribution >= 4 is 12.0 Å². The number of piperazine rings is 1. The van der Waals surface area contributed by atoms with Crippen LogP contribution in [0.4, 0.5) is 4.79 Å². The number of hydrogen-bond donors (Lipinski definition) is 0. The SMILES string of the molecule is CCCCOC(=O)N1CCN(C(=O)c2ccc(C)c(C)c2)CC1. The number of ether oxygens (including phenoxy) is 1. The standard InChI is InChI=1S/C18H26N2O3/c1-4-5-12-23-18(22)20-10-8-19(9-11-20)17(21)16-7-6-14(2)15(3)13-16/h6-7,13H,4-5,8-12H2,1-3H3. The lowest BCUT2D eigenvalue weighted by atomic mass is 10.1. The summed E-state index contributed by atoms with van der Waals surface area (Å²) in [6, 6.07) is 5.78. The Kier molecular flexibility index (Phi) is 6.02. The van der Waals surface area contributed by atoms with E-state index >= 15 is 0 Å². The van der Waals surface area contributed by atoms with Gasteiger partial charge in [-0.05, 0) is 43.5 Å². The lowest BCUT2D eigenvalue weighted by molar-refractivity contribution is 0.0557. The number of nitrogens with zero attached hydrogens (tertiary/aromatic N) is 2. The smallest absolute Gasteiger partial charge is 0.409 e. The molecule has 0 N–H and O–H groups in total. The Morgan fingerprint density at radius 3 is 2.30 bits per heavy atom. The minimum absolute atomic E-state index is 0.0344. The Hall–Kier alpha value is -2.04. The van der Waals surface area contributed by atoms with Gasteiger partial charge in [-0.15, -0.1) is 0 Å². The molecule has 0 aromatic heterocycles. The van der Waals surface area contributed by atoms with Crippen molar-refractivity contribution in [1.29, 1.82) is 0 Å². The molecule has 1 saturated heterocycles. The normalized spacial score (nSPS) is 14.7. The molecule has 0 atom stereocenters. The van der Waals surface area contributed by atoms with Crippen LogP contribution in [0.15, 0.2) is 18.2 Å². The van der Waals surface area contributed by atoms with Crippen LogP contribution in [0.5, 0.6) is 0 Å². The number of carbonyl (C=O) groups excluding carboxylic acids is 2. The van der Waals surface area contributed by atoms with Crippen molar-refractivity contribution in [2.45, 2.75) is 33.6 Å². The molecule has 1 fully saturated rings. The molecule has 1 heterocycles. The van der Waals surface area contributed by atoms with Gasteiger partial charge in [0.1, 0.15) is 0 Å². The molecule has 5 heteroatoms. The van der Waals surface area contributed by atoms with Gasteiger partial charge in [0.25, 0.3) is 5.91 Å². The summed E-state index contributed by atoms with van der Waals surface area (Å²) in [5.74, 6) is 0.0344. The fourth-order valence-corrected chi connectivity index (χ4v) is 2.54. The van der Waals surface area contributed by atoms with Gasteiger partial charge in [-0.1, -0.05) is 19.4 Å². The van der Waals surface area contributed by atoms with Gasteiger partial charge in [0.15, 0.2) is 0 Å². The van der Waals surface area contributed by atoms with Crippen LogP contribution >= 0.6 is 0 Å². The van der Waals surface area contributed by atoms with E-state index in [1.807, 2.05) is 32.0 Å². The van der Waals surface area contributed by atoms with E-state index in [0.29, 0.717) is 38.3 Å². The number of benzene rings is 1. The van der Waals surface area contributed by atoms with Crippen LogP contribution in [0.3, 0.4) is 0 Å². The fourth-order valence-electron chi connectivity index (χ4n) is 2.54. The molecule has 0 spiro atoms. The average Bonchev–Trinajstić information content (AvgIpc) is 2.57. The van der Waals surface area contributed by atoms with E-state index in [0.717, 1.165) is 18.4 Å². The van der Waals surface area contributed by atoms with Crippen molar-refractivity contribution in [3.63, 3.8) is 0 Å². The summed E-state index contributed by atoms with van der Waals surface area (Å²) in [5, 5.41) is 0. The zero-order valence-electron chi connectivity index (χ0n) is 14.3. The summed E-state index contributed by atoms with van der Waals surface area (Å²) in [7, 11) is 0. The molecule has 0 bridgehead atoms. The van der Waals surface area contributed by atoms with E-state index < -0.39 is 0 Å². The van der Waals surface area contributed by atoms with E-state index in [1.165, 1.54) is 5.56 Å². The molecule has 0 saturated carbocycles. The second-order valence-corrected chi connectivity index (χ2v) is 6.05. The van der Waals surface area contributed by atoms with Crippen LogP contribution in [-0.2, 0) is 4.74 Å². The first kappa shape index (κ1) is 17.3. The van der Waals surface area contributed by atoms with Crippen molar-refractivity contribution in [1.82, 2.24) is 9.80 Å². The van der Waals surface area contributed by atoms with Gasteiger partial charge in [-0.2, -0.15) is 0 Å². The predicted molar refractivity (Wildman–Crippen MR) is 89.6 cm³/mol. The monoisotopic (exact) mass is 318 g/mol. The largest absolute Gasteiger partial charge is 0.449 e. The number of amides is 2. The minimum Gasteiger partial charge on any atom is -0.449 e. The molecule has 5 nitrogen and oxygen atoms in total. The van der Waals surface area contributed by atoms with Crippen LogP contribution in [0.25, 0.3) is 0 Å². The van der Waals surface area contributed by atoms with Crippen LogP contribution in [0, 0.1) is 13.8 Å². The Labute approximate surface area is 138 Å². The molecule has 1 aromatic rings. The van der Waals surface area contributed by atoms with Crippen molar-refractivity contribution in [3.8, 4) is 0 Å². The van der Waals surface area contributed by atoms with E-state index in [2.05, 4.69) is 6.92 Å². The van der Waals surface area contributed by atoms with Gasteiger partial charge >= 0.3 is 6.09 Å². The van der Waals surface area contributed by atoms with Gasteiger partial charge in [-0.25, -0.2) is 4.79 Å². The third-order valence-corrected chi connectivity index (χ3v) is 4.30. The van der Waals surface area contributed by atoms with Crippen LogP contribution < -0.4 is 0 Å². The minimum atomic E-state index is -0.267. The highest BCUT2D eigenvalue weighted by Gasteiger charge is 2.25. The second kappa shape index (κ2) is 7.99. The molecule has 2 amide bonds. The summed E-state index contributed by atoms with van der Waals surface area (Å²) < 4.78 is 5.21. The van der Waals surface area contributed by atoms with Gasteiger partial charge in [0, 0.05) is 31.7 Å². The van der Waals surface area contributed by atoms with Gasteiger partial charge < -0.3 is 14.5 Å². The second-order valence-electron chi connectivity index (χ2n) is 6.05. The summed E-state index contributed by atoms with van der Waals surface area (Å²) >= 11 is 0. The van der Waals surface area contributed by atoms with E-state index in [-0.39, 0.29) is 12.0 Å². The number of rotatable bonds is 4. The summed E-state index contributed by atoms with van der Waals surface area (Å²) in [6.45, 7) is 8.73. The third kappa shape index (κ3) is 4.47. The quantitative estimate of drug-likeness (QED) is 0.802. The zero-order valence-corrected chi connectivity index (χ0v) is 14.3. The Balaban J connectivity index is 1.87. The van der Waals surface area contributed by atoms with Gasteiger partial charge in [0.2, 0.25) is 0 Å². The first-order valence-corrected chi connectivity index (χ1v) is 8.31. The van der Waals surface area contributed by atoms with E-state index in [9.17, 15) is 9.59 Å². The maximum absolute atomic E-state index is 12.5. The predicted octanol–water partition coefficient (Wildman–Crippen LogP) is 3.00. The molecule has 126 valence electrons. The maximum atomic E-state index is 12.5. The summed E-state index contributed by atoms with van der Waals surface area (Å²) in [6.07, 6.45) is 1.62. The lowest BCUT2D eigenvalue weighted by Crippen LogP contribution is -2.50. The van der Waals surface area contributed by atoms with Gasteiger partial charge in [-0.3, -0.25) is 4.79 Å². The number of hydrogen-bond acceptors (Lipinski definition) is 3. The topological polar surface area (TPSA) is 49.9 Å². The van der Waals surface area contributed by atoms with Crippen LogP contribution in [-0.4, -0.2) is 54.6 Å². The van der Waals surface area contributed by atoms with Crippen molar-refractivity contribution in [2.24, 2.45) is 0 Å². The molecule has 1 aromatic carbocycles. The molecule has 0 radical (unpaired) electrons. The maximum Gasteiger partial charge on any atom is 0.409 e. The Bertz CT molecular complexity index is 563. The first-order valence-electron chi connectivity index (χ1n) is 8.31. The van der Waals surface area contributed by atoms with Crippen LogP contribution in [0.1, 0.15) is 41.3 Å². The number of unbranched alkanes of at least 4 members (excludes halogenated alkanes) is 1. The number of carbonyl (C=O) groups is 2. The zero-order chi connectivity index (χ0) is 16.8.